The van der Waals surface area contributed by atoms with Gasteiger partial charge in [-0.05, 0) is 13.8 Å². The van der Waals surface area contributed by atoms with E-state index in [1.165, 1.54) is 0 Å². The summed E-state index contributed by atoms with van der Waals surface area (Å²) in [6.45, 7) is 3.82. The first-order chi connectivity index (χ1) is 6.07. The Kier molecular flexibility index (Phi) is 1.63. The summed E-state index contributed by atoms with van der Waals surface area (Å²) in [7, 11) is 0. The molecule has 3 fully saturated rings. The molecule has 0 aromatic heterocycles. The van der Waals surface area contributed by atoms with Crippen LogP contribution in [0.15, 0.2) is 0 Å². The third-order valence-electron chi connectivity index (χ3n) is 2.57. The lowest BCUT2D eigenvalue weighted by atomic mass is 10.1. The van der Waals surface area contributed by atoms with Crippen LogP contribution in [-0.4, -0.2) is 35.4 Å². The molecular weight excluding hydrogens is 240 g/mol. The monoisotopic (exact) mass is 250 g/mol. The van der Waals surface area contributed by atoms with E-state index in [0.29, 0.717) is 0 Å². The fourth-order valence-corrected chi connectivity index (χ4v) is 2.76. The molecule has 3 aliphatic rings. The Hall–Kier alpha value is 0.320. The van der Waals surface area contributed by atoms with Gasteiger partial charge in [-0.3, -0.25) is 0 Å². The maximum atomic E-state index is 5.72. The van der Waals surface area contributed by atoms with Gasteiger partial charge in [0.05, 0.1) is 0 Å². The molecule has 2 bridgehead atoms. The van der Waals surface area contributed by atoms with Gasteiger partial charge >= 0.3 is 0 Å². The smallest absolute Gasteiger partial charge is 0.188 e. The van der Waals surface area contributed by atoms with Crippen molar-refractivity contribution in [1.29, 1.82) is 0 Å². The van der Waals surface area contributed by atoms with Crippen LogP contribution in [0, 0.1) is 0 Å². The summed E-state index contributed by atoms with van der Waals surface area (Å²) in [5.41, 5.74) is 0. The molecule has 0 spiro atoms. The topological polar surface area (TPSA) is 36.9 Å². The summed E-state index contributed by atoms with van der Waals surface area (Å²) in [5.74, 6) is -0.504. The fourth-order valence-electron chi connectivity index (χ4n) is 2.12. The average Bonchev–Trinajstić information content (AvgIpc) is 2.56. The number of alkyl halides is 1. The predicted molar refractivity (Wildman–Crippen MR) is 46.3 cm³/mol. The normalized spacial score (nSPS) is 57.0. The quantitative estimate of drug-likeness (QED) is 0.601. The molecule has 0 saturated carbocycles. The summed E-state index contributed by atoms with van der Waals surface area (Å²) in [6, 6.07) is 0. The van der Waals surface area contributed by atoms with Gasteiger partial charge in [0.2, 0.25) is 0 Å². The zero-order valence-electron chi connectivity index (χ0n) is 7.40. The van der Waals surface area contributed by atoms with E-state index in [4.69, 9.17) is 18.9 Å². The van der Waals surface area contributed by atoms with Crippen LogP contribution in [0.3, 0.4) is 0 Å². The van der Waals surface area contributed by atoms with E-state index < -0.39 is 5.79 Å². The molecule has 0 aliphatic carbocycles. The van der Waals surface area contributed by atoms with Gasteiger partial charge in [0, 0.05) is 0 Å². The standard InChI is InChI=1S/C8H11BrO4/c1-8(2)12-3-4-6(9)11-7(10-4)5(3)13-8/h3-7H,1-2H3/t3-,4+,5-,6-,7-/m1/s1. The highest BCUT2D eigenvalue weighted by Gasteiger charge is 2.62. The van der Waals surface area contributed by atoms with Gasteiger partial charge in [0.1, 0.15) is 23.3 Å². The van der Waals surface area contributed by atoms with E-state index in [1.54, 1.807) is 0 Å². The highest BCUT2D eigenvalue weighted by Crippen LogP contribution is 2.46. The van der Waals surface area contributed by atoms with Gasteiger partial charge in [0.15, 0.2) is 12.1 Å². The Morgan fingerprint density at radius 1 is 1.00 bits per heavy atom. The Morgan fingerprint density at radius 2 is 1.69 bits per heavy atom. The minimum atomic E-state index is -0.504. The molecule has 3 rings (SSSR count). The Bertz CT molecular complexity index is 244. The highest BCUT2D eigenvalue weighted by atomic mass is 79.9. The number of rotatable bonds is 0. The SMILES string of the molecule is CC1(C)O[C@H]2[C@@H](O1)[C@@H]1O[C@@H]2[C@H](Br)O1. The maximum Gasteiger partial charge on any atom is 0.188 e. The van der Waals surface area contributed by atoms with Gasteiger partial charge in [-0.15, -0.1) is 0 Å². The highest BCUT2D eigenvalue weighted by molar-refractivity contribution is 9.09. The fraction of sp³-hybridized carbons (Fsp3) is 1.00. The van der Waals surface area contributed by atoms with Crippen molar-refractivity contribution in [1.82, 2.24) is 0 Å². The number of halogens is 1. The van der Waals surface area contributed by atoms with Crippen LogP contribution >= 0.6 is 15.9 Å². The third kappa shape index (κ3) is 1.11. The van der Waals surface area contributed by atoms with Gasteiger partial charge in [0.25, 0.3) is 0 Å². The second-order valence-electron chi connectivity index (χ2n) is 4.02. The zero-order valence-corrected chi connectivity index (χ0v) is 8.98. The maximum absolute atomic E-state index is 5.72. The van der Waals surface area contributed by atoms with Gasteiger partial charge in [-0.25, -0.2) is 0 Å². The Labute approximate surface area is 84.6 Å². The summed E-state index contributed by atoms with van der Waals surface area (Å²) in [4.78, 5) is 0. The molecule has 3 saturated heterocycles. The van der Waals surface area contributed by atoms with Crippen molar-refractivity contribution in [2.24, 2.45) is 0 Å². The summed E-state index contributed by atoms with van der Waals surface area (Å²) >= 11 is 3.39. The van der Waals surface area contributed by atoms with Crippen molar-refractivity contribution in [3.05, 3.63) is 0 Å². The van der Waals surface area contributed by atoms with Crippen LogP contribution in [-0.2, 0) is 18.9 Å². The lowest BCUT2D eigenvalue weighted by Crippen LogP contribution is -2.41. The van der Waals surface area contributed by atoms with E-state index in [1.807, 2.05) is 13.8 Å². The first-order valence-corrected chi connectivity index (χ1v) is 5.29. The summed E-state index contributed by atoms with van der Waals surface area (Å²) < 4.78 is 22.4. The van der Waals surface area contributed by atoms with E-state index >= 15 is 0 Å². The van der Waals surface area contributed by atoms with Crippen molar-refractivity contribution in [2.75, 3.05) is 0 Å². The first-order valence-electron chi connectivity index (χ1n) is 4.37. The lowest BCUT2D eigenvalue weighted by molar-refractivity contribution is -0.193. The van der Waals surface area contributed by atoms with Crippen molar-refractivity contribution in [3.63, 3.8) is 0 Å². The zero-order chi connectivity index (χ0) is 9.22. The minimum Gasteiger partial charge on any atom is -0.341 e. The second kappa shape index (κ2) is 2.46. The van der Waals surface area contributed by atoms with Gasteiger partial charge in [-0.2, -0.15) is 0 Å². The number of ether oxygens (including phenoxy) is 4. The van der Waals surface area contributed by atoms with Crippen LogP contribution in [0.4, 0.5) is 0 Å². The minimum absolute atomic E-state index is 0.0122. The van der Waals surface area contributed by atoms with Crippen molar-refractivity contribution < 1.29 is 18.9 Å². The molecular formula is C8H11BrO4. The molecule has 3 aliphatic heterocycles. The summed E-state index contributed by atoms with van der Waals surface area (Å²) in [6.07, 6.45) is -0.343. The van der Waals surface area contributed by atoms with Crippen molar-refractivity contribution in [3.8, 4) is 0 Å². The molecule has 4 nitrogen and oxygen atoms in total. The predicted octanol–water partition coefficient (Wildman–Crippen LogP) is 0.983. The first kappa shape index (κ1) is 8.61. The third-order valence-corrected chi connectivity index (χ3v) is 3.31. The van der Waals surface area contributed by atoms with Crippen molar-refractivity contribution >= 4 is 15.9 Å². The lowest BCUT2D eigenvalue weighted by Gasteiger charge is -2.21. The molecule has 74 valence electrons. The van der Waals surface area contributed by atoms with Crippen LogP contribution in [0.25, 0.3) is 0 Å². The number of hydrogen-bond donors (Lipinski definition) is 0. The van der Waals surface area contributed by atoms with Crippen LogP contribution in [0.2, 0.25) is 0 Å². The molecule has 5 atom stereocenters. The number of hydrogen-bond acceptors (Lipinski definition) is 4. The molecule has 0 aromatic carbocycles. The molecule has 5 heteroatoms. The Morgan fingerprint density at radius 3 is 2.46 bits per heavy atom. The summed E-state index contributed by atoms with van der Waals surface area (Å²) in [5, 5.41) is -0.0590. The van der Waals surface area contributed by atoms with E-state index in [2.05, 4.69) is 15.9 Å². The largest absolute Gasteiger partial charge is 0.341 e. The van der Waals surface area contributed by atoms with Gasteiger partial charge < -0.3 is 18.9 Å². The molecule has 0 aromatic rings. The van der Waals surface area contributed by atoms with Crippen molar-refractivity contribution in [2.45, 2.75) is 49.2 Å². The number of fused-ring (bicyclic) bond motifs is 5. The van der Waals surface area contributed by atoms with Crippen LogP contribution < -0.4 is 0 Å². The molecule has 0 unspecified atom stereocenters. The Balaban J connectivity index is 1.87. The molecule has 0 radical (unpaired) electrons. The van der Waals surface area contributed by atoms with Crippen LogP contribution in [0.1, 0.15) is 13.8 Å². The average molecular weight is 251 g/mol. The molecule has 0 amide bonds. The van der Waals surface area contributed by atoms with E-state index in [0.717, 1.165) is 0 Å². The second-order valence-corrected chi connectivity index (χ2v) is 4.92. The van der Waals surface area contributed by atoms with Gasteiger partial charge in [-0.1, -0.05) is 15.9 Å². The molecule has 0 N–H and O–H groups in total. The van der Waals surface area contributed by atoms with Crippen LogP contribution in [0.5, 0.6) is 0 Å². The molecule has 3 heterocycles. The van der Waals surface area contributed by atoms with E-state index in [9.17, 15) is 0 Å². The molecule has 13 heavy (non-hydrogen) atoms. The van der Waals surface area contributed by atoms with E-state index in [-0.39, 0.29) is 29.6 Å².